The van der Waals surface area contributed by atoms with Gasteiger partial charge in [0.2, 0.25) is 0 Å². The van der Waals surface area contributed by atoms with Gasteiger partial charge >= 0.3 is 0 Å². The maximum Gasteiger partial charge on any atom is 0.258 e. The van der Waals surface area contributed by atoms with E-state index in [1.807, 2.05) is 6.92 Å². The van der Waals surface area contributed by atoms with Crippen molar-refractivity contribution in [2.75, 3.05) is 6.61 Å². The van der Waals surface area contributed by atoms with E-state index in [1.165, 1.54) is 12.1 Å². The number of aryl methyl sites for hydroxylation is 1. The average molecular weight is 330 g/mol. The van der Waals surface area contributed by atoms with Crippen LogP contribution in [0.4, 0.5) is 4.39 Å². The van der Waals surface area contributed by atoms with E-state index in [-0.39, 0.29) is 35.7 Å². The minimum Gasteiger partial charge on any atom is -0.483 e. The second-order valence-corrected chi connectivity index (χ2v) is 5.49. The summed E-state index contributed by atoms with van der Waals surface area (Å²) in [7, 11) is 0. The largest absolute Gasteiger partial charge is 0.483 e. The topological polar surface area (TPSA) is 81.4 Å². The Labute approximate surface area is 139 Å². The van der Waals surface area contributed by atoms with Gasteiger partial charge in [-0.15, -0.1) is 0 Å². The van der Waals surface area contributed by atoms with Crippen LogP contribution in [0.2, 0.25) is 0 Å². The molecule has 0 aliphatic heterocycles. The molecule has 0 heterocycles. The number of primary amides is 1. The highest BCUT2D eigenvalue weighted by Gasteiger charge is 2.13. The van der Waals surface area contributed by atoms with Crippen molar-refractivity contribution >= 4 is 11.8 Å². The van der Waals surface area contributed by atoms with E-state index in [0.717, 1.165) is 11.1 Å². The lowest BCUT2D eigenvalue weighted by Crippen LogP contribution is -2.31. The van der Waals surface area contributed by atoms with Crippen molar-refractivity contribution in [3.63, 3.8) is 0 Å². The summed E-state index contributed by atoms with van der Waals surface area (Å²) in [5.74, 6) is -1.04. The third kappa shape index (κ3) is 4.55. The number of carbonyl (C=O) groups excluding carboxylic acids is 2. The molecule has 0 aromatic heterocycles. The first-order valence-electron chi connectivity index (χ1n) is 7.45. The van der Waals surface area contributed by atoms with Gasteiger partial charge < -0.3 is 15.8 Å². The van der Waals surface area contributed by atoms with E-state index in [1.54, 1.807) is 37.3 Å². The van der Waals surface area contributed by atoms with E-state index in [9.17, 15) is 14.0 Å². The highest BCUT2D eigenvalue weighted by atomic mass is 19.1. The van der Waals surface area contributed by atoms with E-state index >= 15 is 0 Å². The number of halogens is 1. The fourth-order valence-electron chi connectivity index (χ4n) is 2.21. The van der Waals surface area contributed by atoms with Gasteiger partial charge in [0.25, 0.3) is 11.8 Å². The van der Waals surface area contributed by atoms with Crippen LogP contribution >= 0.6 is 0 Å². The molecule has 2 amide bonds. The van der Waals surface area contributed by atoms with Crippen LogP contribution in [0.5, 0.6) is 5.75 Å². The van der Waals surface area contributed by atoms with Gasteiger partial charge in [-0.3, -0.25) is 9.59 Å². The molecule has 0 spiro atoms. The maximum atomic E-state index is 12.9. The zero-order chi connectivity index (χ0) is 17.7. The molecule has 0 saturated carbocycles. The lowest BCUT2D eigenvalue weighted by molar-refractivity contribution is -0.123. The Morgan fingerprint density at radius 2 is 1.88 bits per heavy atom. The highest BCUT2D eigenvalue weighted by molar-refractivity contribution is 5.95. The molecule has 1 unspecified atom stereocenters. The van der Waals surface area contributed by atoms with E-state index in [2.05, 4.69) is 5.32 Å². The van der Waals surface area contributed by atoms with Gasteiger partial charge in [0.05, 0.1) is 11.6 Å². The molecule has 126 valence electrons. The van der Waals surface area contributed by atoms with Gasteiger partial charge in [0, 0.05) is 0 Å². The summed E-state index contributed by atoms with van der Waals surface area (Å²) in [6, 6.07) is 10.5. The van der Waals surface area contributed by atoms with Gasteiger partial charge in [0.15, 0.2) is 6.61 Å². The third-order valence-corrected chi connectivity index (χ3v) is 3.51. The van der Waals surface area contributed by atoms with Crippen molar-refractivity contribution in [2.24, 2.45) is 5.73 Å². The molecular weight excluding hydrogens is 311 g/mol. The Bertz CT molecular complexity index is 744. The molecule has 6 heteroatoms. The van der Waals surface area contributed by atoms with Crippen LogP contribution in [0.25, 0.3) is 0 Å². The highest BCUT2D eigenvalue weighted by Crippen LogP contribution is 2.20. The predicted molar refractivity (Wildman–Crippen MR) is 88.1 cm³/mol. The molecule has 2 rings (SSSR count). The number of nitrogens with one attached hydrogen (secondary N) is 1. The van der Waals surface area contributed by atoms with Crippen molar-refractivity contribution in [1.82, 2.24) is 5.32 Å². The number of hydrogen-bond acceptors (Lipinski definition) is 3. The molecule has 5 nitrogen and oxygen atoms in total. The monoisotopic (exact) mass is 330 g/mol. The lowest BCUT2D eigenvalue weighted by Gasteiger charge is -2.15. The maximum absolute atomic E-state index is 12.9. The Balaban J connectivity index is 1.97. The number of hydrogen-bond donors (Lipinski definition) is 2. The molecule has 0 aliphatic carbocycles. The van der Waals surface area contributed by atoms with Crippen molar-refractivity contribution in [2.45, 2.75) is 19.9 Å². The van der Waals surface area contributed by atoms with Gasteiger partial charge in [-0.2, -0.15) is 0 Å². The van der Waals surface area contributed by atoms with Crippen molar-refractivity contribution in [3.8, 4) is 5.75 Å². The second-order valence-electron chi connectivity index (χ2n) is 5.49. The standard InChI is InChI=1S/C18H19FN2O3/c1-11-3-8-15(18(20)23)16(9-11)24-10-17(22)21-12(2)13-4-6-14(19)7-5-13/h3-9,12H,10H2,1-2H3,(H2,20,23)(H,21,22). The van der Waals surface area contributed by atoms with Crippen LogP contribution in [0, 0.1) is 12.7 Å². The lowest BCUT2D eigenvalue weighted by atomic mass is 10.1. The quantitative estimate of drug-likeness (QED) is 0.854. The van der Waals surface area contributed by atoms with Gasteiger partial charge in [-0.25, -0.2) is 4.39 Å². The Hall–Kier alpha value is -2.89. The number of ether oxygens (including phenoxy) is 1. The van der Waals surface area contributed by atoms with Crippen LogP contribution < -0.4 is 15.8 Å². The summed E-state index contributed by atoms with van der Waals surface area (Å²) in [6.07, 6.45) is 0. The van der Waals surface area contributed by atoms with Crippen LogP contribution in [0.1, 0.15) is 34.5 Å². The number of benzene rings is 2. The van der Waals surface area contributed by atoms with Crippen molar-refractivity contribution in [1.29, 1.82) is 0 Å². The molecule has 1 atom stereocenters. The van der Waals surface area contributed by atoms with Crippen LogP contribution in [0.3, 0.4) is 0 Å². The number of amides is 2. The Kier molecular flexibility index (Phi) is 5.52. The fourth-order valence-corrected chi connectivity index (χ4v) is 2.21. The summed E-state index contributed by atoms with van der Waals surface area (Å²) in [4.78, 5) is 23.4. The summed E-state index contributed by atoms with van der Waals surface area (Å²) < 4.78 is 18.3. The second kappa shape index (κ2) is 7.59. The zero-order valence-corrected chi connectivity index (χ0v) is 13.5. The molecule has 2 aromatic carbocycles. The SMILES string of the molecule is Cc1ccc(C(N)=O)c(OCC(=O)NC(C)c2ccc(F)cc2)c1. The van der Waals surface area contributed by atoms with E-state index in [4.69, 9.17) is 10.5 Å². The molecule has 24 heavy (non-hydrogen) atoms. The van der Waals surface area contributed by atoms with Gasteiger partial charge in [-0.1, -0.05) is 18.2 Å². The molecule has 0 fully saturated rings. The van der Waals surface area contributed by atoms with Gasteiger partial charge in [0.1, 0.15) is 11.6 Å². The zero-order valence-electron chi connectivity index (χ0n) is 13.5. The summed E-state index contributed by atoms with van der Waals surface area (Å²) >= 11 is 0. The summed E-state index contributed by atoms with van der Waals surface area (Å²) in [5.41, 5.74) is 7.17. The molecule has 0 bridgehead atoms. The molecule has 2 aromatic rings. The van der Waals surface area contributed by atoms with Crippen LogP contribution in [-0.4, -0.2) is 18.4 Å². The molecule has 3 N–H and O–H groups in total. The smallest absolute Gasteiger partial charge is 0.258 e. The number of nitrogens with two attached hydrogens (primary N) is 1. The summed E-state index contributed by atoms with van der Waals surface area (Å²) in [6.45, 7) is 3.37. The Morgan fingerprint density at radius 3 is 2.50 bits per heavy atom. The van der Waals surface area contributed by atoms with Gasteiger partial charge in [-0.05, 0) is 49.2 Å². The molecule has 0 radical (unpaired) electrons. The first-order valence-corrected chi connectivity index (χ1v) is 7.45. The molecule has 0 aliphatic rings. The number of rotatable bonds is 6. The first-order chi connectivity index (χ1) is 11.4. The third-order valence-electron chi connectivity index (χ3n) is 3.51. The van der Waals surface area contributed by atoms with Crippen molar-refractivity contribution < 1.29 is 18.7 Å². The van der Waals surface area contributed by atoms with Crippen LogP contribution in [-0.2, 0) is 4.79 Å². The normalized spacial score (nSPS) is 11.6. The van der Waals surface area contributed by atoms with Crippen LogP contribution in [0.15, 0.2) is 42.5 Å². The minimum atomic E-state index is -0.620. The molecule has 0 saturated heterocycles. The minimum absolute atomic E-state index is 0.222. The summed E-state index contributed by atoms with van der Waals surface area (Å²) in [5, 5.41) is 2.75. The predicted octanol–water partition coefficient (Wildman–Crippen LogP) is 2.49. The first kappa shape index (κ1) is 17.5. The van der Waals surface area contributed by atoms with Crippen molar-refractivity contribution in [3.05, 3.63) is 65.0 Å². The van der Waals surface area contributed by atoms with E-state index < -0.39 is 5.91 Å². The van der Waals surface area contributed by atoms with E-state index in [0.29, 0.717) is 0 Å². The molecular formula is C18H19FN2O3. The fraction of sp³-hybridized carbons (Fsp3) is 0.222. The Morgan fingerprint density at radius 1 is 1.21 bits per heavy atom. The number of carbonyl (C=O) groups is 2. The average Bonchev–Trinajstić information content (AvgIpc) is 2.53.